The van der Waals surface area contributed by atoms with Gasteiger partial charge in [-0.25, -0.2) is 4.98 Å². The zero-order chi connectivity index (χ0) is 12.2. The zero-order valence-electron chi connectivity index (χ0n) is 10.4. The average molecular weight is 246 g/mol. The van der Waals surface area contributed by atoms with Crippen LogP contribution in [0.5, 0.6) is 0 Å². The van der Waals surface area contributed by atoms with Gasteiger partial charge in [0.2, 0.25) is 0 Å². The molecule has 0 saturated carbocycles. The number of aromatic nitrogens is 1. The number of rotatable bonds is 4. The third kappa shape index (κ3) is 2.47. The molecule has 0 aromatic carbocycles. The van der Waals surface area contributed by atoms with Crippen molar-refractivity contribution in [3.05, 3.63) is 24.6 Å². The van der Waals surface area contributed by atoms with Gasteiger partial charge in [-0.3, -0.25) is 4.90 Å². The molecule has 0 radical (unpaired) electrons. The molecule has 3 rings (SSSR count). The van der Waals surface area contributed by atoms with Gasteiger partial charge in [0, 0.05) is 45.5 Å². The van der Waals surface area contributed by atoms with Gasteiger partial charge < -0.3 is 15.1 Å². The highest BCUT2D eigenvalue weighted by Gasteiger charge is 2.09. The van der Waals surface area contributed by atoms with Crippen LogP contribution in [0.2, 0.25) is 0 Å². The minimum absolute atomic E-state index is 0.884. The molecule has 5 nitrogen and oxygen atoms in total. The van der Waals surface area contributed by atoms with Gasteiger partial charge in [0.25, 0.3) is 0 Å². The summed E-state index contributed by atoms with van der Waals surface area (Å²) in [5.74, 6) is 0.913. The van der Waals surface area contributed by atoms with Gasteiger partial charge in [0.15, 0.2) is 0 Å². The molecule has 96 valence electrons. The Labute approximate surface area is 106 Å². The second kappa shape index (κ2) is 5.37. The Morgan fingerprint density at radius 1 is 1.33 bits per heavy atom. The third-order valence-corrected chi connectivity index (χ3v) is 3.31. The second-order valence-electron chi connectivity index (χ2n) is 4.51. The molecule has 0 amide bonds. The van der Waals surface area contributed by atoms with Crippen LogP contribution in [0.3, 0.4) is 0 Å². The minimum atomic E-state index is 0.884. The fourth-order valence-corrected chi connectivity index (χ4v) is 2.30. The molecule has 0 atom stereocenters. The Hall–Kier alpha value is -1.59. The van der Waals surface area contributed by atoms with Gasteiger partial charge in [-0.05, 0) is 12.1 Å². The normalized spacial score (nSPS) is 17.1. The van der Waals surface area contributed by atoms with Crippen LogP contribution < -0.4 is 10.6 Å². The molecule has 2 aromatic heterocycles. The van der Waals surface area contributed by atoms with Crippen LogP contribution in [0.4, 0.5) is 5.82 Å². The fourth-order valence-electron chi connectivity index (χ4n) is 2.30. The van der Waals surface area contributed by atoms with E-state index in [4.69, 9.17) is 4.42 Å². The number of hydrogen-bond acceptors (Lipinski definition) is 5. The van der Waals surface area contributed by atoms with Crippen molar-refractivity contribution in [3.8, 4) is 0 Å². The fraction of sp³-hybridized carbons (Fsp3) is 0.462. The third-order valence-electron chi connectivity index (χ3n) is 3.31. The summed E-state index contributed by atoms with van der Waals surface area (Å²) in [4.78, 5) is 6.82. The maximum atomic E-state index is 5.36. The highest BCUT2D eigenvalue weighted by molar-refractivity contribution is 5.87. The van der Waals surface area contributed by atoms with Gasteiger partial charge in [-0.15, -0.1) is 0 Å². The van der Waals surface area contributed by atoms with Crippen LogP contribution in [-0.2, 0) is 0 Å². The molecule has 1 saturated heterocycles. The SMILES string of the molecule is c1cc2occc2c(NCCN2CCNCC2)n1. The van der Waals surface area contributed by atoms with Crippen molar-refractivity contribution in [3.63, 3.8) is 0 Å². The molecule has 18 heavy (non-hydrogen) atoms. The predicted octanol–water partition coefficient (Wildman–Crippen LogP) is 1.14. The Morgan fingerprint density at radius 2 is 2.22 bits per heavy atom. The summed E-state index contributed by atoms with van der Waals surface area (Å²) in [5.41, 5.74) is 0.884. The van der Waals surface area contributed by atoms with Crippen LogP contribution in [0, 0.1) is 0 Å². The van der Waals surface area contributed by atoms with Crippen LogP contribution in [-0.4, -0.2) is 49.2 Å². The van der Waals surface area contributed by atoms with E-state index < -0.39 is 0 Å². The van der Waals surface area contributed by atoms with E-state index in [1.54, 1.807) is 12.5 Å². The zero-order valence-corrected chi connectivity index (χ0v) is 10.4. The number of pyridine rings is 1. The Bertz CT molecular complexity index is 504. The van der Waals surface area contributed by atoms with E-state index in [-0.39, 0.29) is 0 Å². The molecule has 1 aliphatic rings. The van der Waals surface area contributed by atoms with Gasteiger partial charge >= 0.3 is 0 Å². The summed E-state index contributed by atoms with van der Waals surface area (Å²) >= 11 is 0. The smallest absolute Gasteiger partial charge is 0.139 e. The van der Waals surface area contributed by atoms with Crippen molar-refractivity contribution >= 4 is 16.8 Å². The summed E-state index contributed by atoms with van der Waals surface area (Å²) in [6.45, 7) is 6.41. The van der Waals surface area contributed by atoms with Crippen molar-refractivity contribution in [1.29, 1.82) is 0 Å². The highest BCUT2D eigenvalue weighted by Crippen LogP contribution is 2.21. The van der Waals surface area contributed by atoms with Crippen LogP contribution in [0.15, 0.2) is 29.0 Å². The standard InChI is InChI=1S/C13H18N4O/c1-3-15-13(11-2-10-18-12(1)11)16-6-9-17-7-4-14-5-8-17/h1-3,10,14H,4-9H2,(H,15,16). The first-order chi connectivity index (χ1) is 8.93. The van der Waals surface area contributed by atoms with Crippen LogP contribution >= 0.6 is 0 Å². The first-order valence-corrected chi connectivity index (χ1v) is 6.42. The number of nitrogens with zero attached hydrogens (tertiary/aromatic N) is 2. The van der Waals surface area contributed by atoms with Crippen molar-refractivity contribution in [2.45, 2.75) is 0 Å². The van der Waals surface area contributed by atoms with Crippen LogP contribution in [0.1, 0.15) is 0 Å². The lowest BCUT2D eigenvalue weighted by atomic mass is 10.3. The van der Waals surface area contributed by atoms with E-state index >= 15 is 0 Å². The molecule has 0 aliphatic carbocycles. The molecule has 3 heterocycles. The van der Waals surface area contributed by atoms with Gasteiger partial charge in [0.05, 0.1) is 11.6 Å². The summed E-state index contributed by atoms with van der Waals surface area (Å²) in [6.07, 6.45) is 3.48. The lowest BCUT2D eigenvalue weighted by Crippen LogP contribution is -2.45. The van der Waals surface area contributed by atoms with E-state index in [2.05, 4.69) is 20.5 Å². The molecule has 0 spiro atoms. The molecule has 2 N–H and O–H groups in total. The van der Waals surface area contributed by atoms with Crippen molar-refractivity contribution < 1.29 is 4.42 Å². The Balaban J connectivity index is 1.57. The maximum absolute atomic E-state index is 5.36. The lowest BCUT2D eigenvalue weighted by molar-refractivity contribution is 0.249. The number of furan rings is 1. The summed E-state index contributed by atoms with van der Waals surface area (Å²) < 4.78 is 5.36. The molecule has 1 fully saturated rings. The van der Waals surface area contributed by atoms with E-state index in [9.17, 15) is 0 Å². The van der Waals surface area contributed by atoms with Crippen molar-refractivity contribution in [1.82, 2.24) is 15.2 Å². The molecule has 5 heteroatoms. The Morgan fingerprint density at radius 3 is 3.11 bits per heavy atom. The summed E-state index contributed by atoms with van der Waals surface area (Å²) in [6, 6.07) is 3.84. The molecule has 0 unspecified atom stereocenters. The monoisotopic (exact) mass is 246 g/mol. The van der Waals surface area contributed by atoms with Crippen molar-refractivity contribution in [2.75, 3.05) is 44.6 Å². The lowest BCUT2D eigenvalue weighted by Gasteiger charge is -2.27. The van der Waals surface area contributed by atoms with E-state index in [0.717, 1.165) is 56.1 Å². The maximum Gasteiger partial charge on any atom is 0.139 e. The highest BCUT2D eigenvalue weighted by atomic mass is 16.3. The topological polar surface area (TPSA) is 53.3 Å². The minimum Gasteiger partial charge on any atom is -0.464 e. The first-order valence-electron chi connectivity index (χ1n) is 6.42. The van der Waals surface area contributed by atoms with Crippen LogP contribution in [0.25, 0.3) is 11.0 Å². The quantitative estimate of drug-likeness (QED) is 0.847. The van der Waals surface area contributed by atoms with E-state index in [0.29, 0.717) is 0 Å². The Kier molecular flexibility index (Phi) is 3.43. The number of anilines is 1. The van der Waals surface area contributed by atoms with E-state index in [1.807, 2.05) is 12.1 Å². The number of hydrogen-bond donors (Lipinski definition) is 2. The van der Waals surface area contributed by atoms with E-state index in [1.165, 1.54) is 0 Å². The van der Waals surface area contributed by atoms with Gasteiger partial charge in [-0.1, -0.05) is 0 Å². The largest absolute Gasteiger partial charge is 0.464 e. The molecular formula is C13H18N4O. The summed E-state index contributed by atoms with van der Waals surface area (Å²) in [5, 5.41) is 7.80. The molecule has 0 bridgehead atoms. The number of nitrogens with one attached hydrogen (secondary N) is 2. The summed E-state index contributed by atoms with van der Waals surface area (Å²) in [7, 11) is 0. The number of piperazine rings is 1. The predicted molar refractivity (Wildman–Crippen MR) is 71.8 cm³/mol. The van der Waals surface area contributed by atoms with Gasteiger partial charge in [-0.2, -0.15) is 0 Å². The van der Waals surface area contributed by atoms with Gasteiger partial charge in [0.1, 0.15) is 11.4 Å². The molecular weight excluding hydrogens is 228 g/mol. The number of fused-ring (bicyclic) bond motifs is 1. The molecule has 2 aromatic rings. The second-order valence-corrected chi connectivity index (χ2v) is 4.51. The first kappa shape index (κ1) is 11.5. The molecule has 1 aliphatic heterocycles. The average Bonchev–Trinajstić information content (AvgIpc) is 2.89. The van der Waals surface area contributed by atoms with Crippen molar-refractivity contribution in [2.24, 2.45) is 0 Å².